The van der Waals surface area contributed by atoms with Crippen molar-refractivity contribution in [3.05, 3.63) is 54.1 Å². The van der Waals surface area contributed by atoms with Crippen LogP contribution in [-0.4, -0.2) is 51.5 Å². The number of phenols is 1. The molecule has 1 heterocycles. The lowest BCUT2D eigenvalue weighted by Crippen LogP contribution is -2.02. The van der Waals surface area contributed by atoms with Crippen LogP contribution in [0.2, 0.25) is 0 Å². The van der Waals surface area contributed by atoms with Crippen LogP contribution >= 0.6 is 0 Å². The van der Waals surface area contributed by atoms with E-state index in [1.165, 1.54) is 11.9 Å². The highest BCUT2D eigenvalue weighted by Gasteiger charge is 2.13. The summed E-state index contributed by atoms with van der Waals surface area (Å²) < 4.78 is 10.2. The van der Waals surface area contributed by atoms with E-state index in [9.17, 15) is 9.90 Å². The van der Waals surface area contributed by atoms with Crippen LogP contribution < -0.4 is 4.74 Å². The van der Waals surface area contributed by atoms with Crippen LogP contribution in [0, 0.1) is 0 Å². The van der Waals surface area contributed by atoms with E-state index in [-0.39, 0.29) is 19.0 Å². The summed E-state index contributed by atoms with van der Waals surface area (Å²) in [6, 6.07) is 13.6. The molecule has 8 heteroatoms. The summed E-state index contributed by atoms with van der Waals surface area (Å²) in [5.41, 5.74) is 1.84. The van der Waals surface area contributed by atoms with Gasteiger partial charge in [-0.25, -0.2) is 4.79 Å². The molecule has 0 fully saturated rings. The van der Waals surface area contributed by atoms with Gasteiger partial charge in [0.1, 0.15) is 34.8 Å². The first-order chi connectivity index (χ1) is 13.6. The quantitative estimate of drug-likeness (QED) is 0.513. The molecule has 1 aromatic heterocycles. The first kappa shape index (κ1) is 17.7. The normalized spacial score (nSPS) is 11.1. The summed E-state index contributed by atoms with van der Waals surface area (Å²) in [4.78, 5) is 13.0. The molecule has 0 aliphatic rings. The minimum Gasteiger partial charge on any atom is -0.506 e. The first-order valence-corrected chi connectivity index (χ1v) is 8.55. The van der Waals surface area contributed by atoms with Gasteiger partial charge in [-0.2, -0.15) is 0 Å². The fourth-order valence-electron chi connectivity index (χ4n) is 2.93. The van der Waals surface area contributed by atoms with Crippen molar-refractivity contribution < 1.29 is 24.5 Å². The highest BCUT2D eigenvalue weighted by Crippen LogP contribution is 2.30. The minimum atomic E-state index is -0.458. The fraction of sp³-hybridized carbons (Fsp3) is 0.150. The second kappa shape index (κ2) is 7.16. The number of aromatic nitrogens is 3. The molecule has 0 atom stereocenters. The van der Waals surface area contributed by atoms with Crippen molar-refractivity contribution in [2.75, 3.05) is 20.3 Å². The molecule has 4 aromatic rings. The highest BCUT2D eigenvalue weighted by molar-refractivity contribution is 5.93. The Morgan fingerprint density at radius 2 is 1.86 bits per heavy atom. The number of phenolic OH excluding ortho intramolecular Hbond substituents is 1. The summed E-state index contributed by atoms with van der Waals surface area (Å²) in [6.45, 7) is 0.126. The SMILES string of the molecule is COC(=O)c1ccc2nn(-c3cc4cc(OCCO)ccc4cc3O)nc2c1. The Kier molecular flexibility index (Phi) is 4.54. The number of ether oxygens (including phenoxy) is 2. The maximum atomic E-state index is 11.7. The molecule has 0 saturated carbocycles. The lowest BCUT2D eigenvalue weighted by atomic mass is 10.1. The monoisotopic (exact) mass is 379 g/mol. The van der Waals surface area contributed by atoms with Crippen LogP contribution in [0.3, 0.4) is 0 Å². The zero-order valence-electron chi connectivity index (χ0n) is 15.0. The molecule has 0 aliphatic carbocycles. The second-order valence-corrected chi connectivity index (χ2v) is 6.11. The van der Waals surface area contributed by atoms with Crippen molar-refractivity contribution in [3.8, 4) is 17.2 Å². The van der Waals surface area contributed by atoms with E-state index < -0.39 is 5.97 Å². The Morgan fingerprint density at radius 1 is 1.04 bits per heavy atom. The number of carbonyl (C=O) groups excluding carboxylic acids is 1. The number of aromatic hydroxyl groups is 1. The number of nitrogens with zero attached hydrogens (tertiary/aromatic N) is 3. The van der Waals surface area contributed by atoms with Gasteiger partial charge in [-0.15, -0.1) is 15.0 Å². The largest absolute Gasteiger partial charge is 0.506 e. The van der Waals surface area contributed by atoms with Crippen LogP contribution in [0.5, 0.6) is 11.5 Å². The Bertz CT molecular complexity index is 1190. The molecule has 28 heavy (non-hydrogen) atoms. The van der Waals surface area contributed by atoms with Gasteiger partial charge < -0.3 is 19.7 Å². The van der Waals surface area contributed by atoms with Crippen molar-refractivity contribution in [3.63, 3.8) is 0 Å². The Labute approximate surface area is 159 Å². The molecule has 142 valence electrons. The molecule has 3 aromatic carbocycles. The smallest absolute Gasteiger partial charge is 0.337 e. The number of aliphatic hydroxyl groups is 1. The zero-order chi connectivity index (χ0) is 19.7. The van der Waals surface area contributed by atoms with Gasteiger partial charge in [0.25, 0.3) is 0 Å². The van der Waals surface area contributed by atoms with Gasteiger partial charge in [-0.1, -0.05) is 6.07 Å². The third-order valence-corrected chi connectivity index (χ3v) is 4.28. The molecule has 0 amide bonds. The van der Waals surface area contributed by atoms with Gasteiger partial charge in [0, 0.05) is 0 Å². The number of rotatable bonds is 5. The molecule has 0 spiro atoms. The van der Waals surface area contributed by atoms with E-state index >= 15 is 0 Å². The summed E-state index contributed by atoms with van der Waals surface area (Å²) in [6.07, 6.45) is 0. The lowest BCUT2D eigenvalue weighted by Gasteiger charge is -2.08. The van der Waals surface area contributed by atoms with Crippen molar-refractivity contribution in [1.82, 2.24) is 15.0 Å². The average Bonchev–Trinajstić information content (AvgIpc) is 3.14. The molecule has 0 radical (unpaired) electrons. The Hall–Kier alpha value is -3.65. The maximum absolute atomic E-state index is 11.7. The molecule has 2 N–H and O–H groups in total. The maximum Gasteiger partial charge on any atom is 0.337 e. The van der Waals surface area contributed by atoms with E-state index in [1.807, 2.05) is 12.1 Å². The van der Waals surface area contributed by atoms with Crippen LogP contribution in [0.25, 0.3) is 27.5 Å². The predicted octanol–water partition coefficient (Wildman–Crippen LogP) is 2.44. The van der Waals surface area contributed by atoms with E-state index in [4.69, 9.17) is 14.6 Å². The number of carbonyl (C=O) groups is 1. The van der Waals surface area contributed by atoms with Crippen molar-refractivity contribution in [1.29, 1.82) is 0 Å². The molecule has 8 nitrogen and oxygen atoms in total. The van der Waals surface area contributed by atoms with Crippen molar-refractivity contribution in [2.24, 2.45) is 0 Å². The topological polar surface area (TPSA) is 107 Å². The molecular weight excluding hydrogens is 362 g/mol. The number of methoxy groups -OCH3 is 1. The standard InChI is InChI=1S/C20H17N3O5/c1-27-20(26)13-3-5-16-17(9-13)22-23(21-16)18-10-14-8-15(28-7-6-24)4-2-12(14)11-19(18)25/h2-5,8-11,24-25H,6-7H2,1H3. The van der Waals surface area contributed by atoms with Crippen LogP contribution in [0.1, 0.15) is 10.4 Å². The summed E-state index contributed by atoms with van der Waals surface area (Å²) in [5.74, 6) is 0.171. The van der Waals surface area contributed by atoms with E-state index in [1.54, 1.807) is 36.4 Å². The second-order valence-electron chi connectivity index (χ2n) is 6.11. The van der Waals surface area contributed by atoms with E-state index in [0.29, 0.717) is 28.0 Å². The lowest BCUT2D eigenvalue weighted by molar-refractivity contribution is 0.0601. The van der Waals surface area contributed by atoms with Crippen LogP contribution in [0.15, 0.2) is 48.5 Å². The Balaban J connectivity index is 1.78. The molecule has 0 saturated heterocycles. The summed E-state index contributed by atoms with van der Waals surface area (Å²) in [7, 11) is 1.31. The van der Waals surface area contributed by atoms with Crippen LogP contribution in [-0.2, 0) is 4.74 Å². The van der Waals surface area contributed by atoms with E-state index in [0.717, 1.165) is 10.8 Å². The Morgan fingerprint density at radius 3 is 2.64 bits per heavy atom. The fourth-order valence-corrected chi connectivity index (χ4v) is 2.93. The predicted molar refractivity (Wildman–Crippen MR) is 102 cm³/mol. The summed E-state index contributed by atoms with van der Waals surface area (Å²) >= 11 is 0. The molecule has 4 rings (SSSR count). The number of hydrogen-bond donors (Lipinski definition) is 2. The number of hydrogen-bond acceptors (Lipinski definition) is 7. The van der Waals surface area contributed by atoms with Crippen molar-refractivity contribution >= 4 is 27.8 Å². The third-order valence-electron chi connectivity index (χ3n) is 4.28. The summed E-state index contributed by atoms with van der Waals surface area (Å²) in [5, 5.41) is 29.7. The average molecular weight is 379 g/mol. The molecule has 0 aliphatic heterocycles. The van der Waals surface area contributed by atoms with Gasteiger partial charge in [0.05, 0.1) is 19.3 Å². The number of aliphatic hydroxyl groups excluding tert-OH is 1. The van der Waals surface area contributed by atoms with Gasteiger partial charge in [-0.05, 0) is 53.2 Å². The van der Waals surface area contributed by atoms with Gasteiger partial charge in [0.2, 0.25) is 0 Å². The van der Waals surface area contributed by atoms with Crippen LogP contribution in [0.4, 0.5) is 0 Å². The molecule has 0 unspecified atom stereocenters. The molecular formula is C20H17N3O5. The third kappa shape index (κ3) is 3.21. The number of esters is 1. The number of fused-ring (bicyclic) bond motifs is 2. The van der Waals surface area contributed by atoms with E-state index in [2.05, 4.69) is 10.2 Å². The number of benzene rings is 3. The minimum absolute atomic E-state index is 0.0185. The first-order valence-electron chi connectivity index (χ1n) is 8.55. The van der Waals surface area contributed by atoms with Gasteiger partial charge in [-0.3, -0.25) is 0 Å². The van der Waals surface area contributed by atoms with Crippen molar-refractivity contribution in [2.45, 2.75) is 0 Å². The molecule has 0 bridgehead atoms. The van der Waals surface area contributed by atoms with Gasteiger partial charge in [0.15, 0.2) is 0 Å². The zero-order valence-corrected chi connectivity index (χ0v) is 15.0. The van der Waals surface area contributed by atoms with Gasteiger partial charge >= 0.3 is 5.97 Å². The highest BCUT2D eigenvalue weighted by atomic mass is 16.5.